The monoisotopic (exact) mass is 235 g/mol. The second-order valence-corrected chi connectivity index (χ2v) is 3.83. The van der Waals surface area contributed by atoms with E-state index >= 15 is 0 Å². The number of nitrogens with one attached hydrogen (secondary N) is 1. The van der Waals surface area contributed by atoms with Crippen LogP contribution in [0.4, 0.5) is 10.1 Å². The fourth-order valence-electron chi connectivity index (χ4n) is 1.60. The summed E-state index contributed by atoms with van der Waals surface area (Å²) in [4.78, 5) is 0. The predicted octanol–water partition coefficient (Wildman–Crippen LogP) is 1.70. The number of hydrogen-bond donors (Lipinski definition) is 2. The molecule has 0 aliphatic rings. The van der Waals surface area contributed by atoms with Gasteiger partial charge in [-0.05, 0) is 24.3 Å². The third kappa shape index (κ3) is 2.82. The van der Waals surface area contributed by atoms with Crippen molar-refractivity contribution < 1.29 is 9.50 Å². The molecule has 2 rings (SSSR count). The fourth-order valence-corrected chi connectivity index (χ4v) is 1.60. The van der Waals surface area contributed by atoms with Gasteiger partial charge in [-0.3, -0.25) is 4.68 Å². The summed E-state index contributed by atoms with van der Waals surface area (Å²) in [7, 11) is 1.82. The summed E-state index contributed by atoms with van der Waals surface area (Å²) in [6, 6.07) is 5.78. The highest BCUT2D eigenvalue weighted by Gasteiger charge is 2.11. The molecule has 17 heavy (non-hydrogen) atoms. The molecule has 2 N–H and O–H groups in total. The highest BCUT2D eigenvalue weighted by atomic mass is 19.1. The first kappa shape index (κ1) is 11.6. The molecule has 2 aromatic rings. The van der Waals surface area contributed by atoms with Gasteiger partial charge < -0.3 is 10.4 Å². The third-order valence-corrected chi connectivity index (χ3v) is 2.49. The van der Waals surface area contributed by atoms with E-state index in [1.165, 1.54) is 12.1 Å². The smallest absolute Gasteiger partial charge is 0.123 e. The zero-order valence-corrected chi connectivity index (χ0v) is 9.47. The predicted molar refractivity (Wildman–Crippen MR) is 63.1 cm³/mol. The van der Waals surface area contributed by atoms with Crippen LogP contribution in [0, 0.1) is 5.82 Å². The highest BCUT2D eigenvalue weighted by Crippen LogP contribution is 2.18. The van der Waals surface area contributed by atoms with E-state index in [4.69, 9.17) is 0 Å². The lowest BCUT2D eigenvalue weighted by atomic mass is 10.1. The number of benzene rings is 1. The first-order chi connectivity index (χ1) is 8.19. The minimum atomic E-state index is -0.280. The van der Waals surface area contributed by atoms with Crippen LogP contribution >= 0.6 is 0 Å². The van der Waals surface area contributed by atoms with E-state index in [-0.39, 0.29) is 18.5 Å². The molecule has 1 aromatic heterocycles. The third-order valence-electron chi connectivity index (χ3n) is 2.49. The van der Waals surface area contributed by atoms with Gasteiger partial charge in [0.15, 0.2) is 0 Å². The van der Waals surface area contributed by atoms with Crippen molar-refractivity contribution in [2.75, 3.05) is 11.9 Å². The molecule has 1 heterocycles. The van der Waals surface area contributed by atoms with Gasteiger partial charge in [-0.1, -0.05) is 0 Å². The van der Waals surface area contributed by atoms with Crippen LogP contribution in [0.1, 0.15) is 11.6 Å². The Morgan fingerprint density at radius 1 is 1.41 bits per heavy atom. The largest absolute Gasteiger partial charge is 0.394 e. The molecule has 1 aromatic carbocycles. The van der Waals surface area contributed by atoms with Gasteiger partial charge in [-0.2, -0.15) is 5.10 Å². The lowest BCUT2D eigenvalue weighted by Crippen LogP contribution is -2.14. The standard InChI is InChI=1S/C12H14FN3O/c1-16-7-9(6-14-16)12(8-17)15-11-4-2-10(13)3-5-11/h2-7,12,15,17H,8H2,1H3. The number of aliphatic hydroxyl groups is 1. The Morgan fingerprint density at radius 2 is 2.12 bits per heavy atom. The Kier molecular flexibility index (Phi) is 3.39. The first-order valence-electron chi connectivity index (χ1n) is 5.30. The average Bonchev–Trinajstić information content (AvgIpc) is 2.75. The van der Waals surface area contributed by atoms with Gasteiger partial charge in [-0.15, -0.1) is 0 Å². The van der Waals surface area contributed by atoms with E-state index < -0.39 is 0 Å². The summed E-state index contributed by atoms with van der Waals surface area (Å²) >= 11 is 0. The quantitative estimate of drug-likeness (QED) is 0.848. The Morgan fingerprint density at radius 3 is 2.65 bits per heavy atom. The topological polar surface area (TPSA) is 50.1 Å². The van der Waals surface area contributed by atoms with Crippen molar-refractivity contribution in [1.29, 1.82) is 0 Å². The molecule has 0 radical (unpaired) electrons. The van der Waals surface area contributed by atoms with Gasteiger partial charge in [0.2, 0.25) is 0 Å². The van der Waals surface area contributed by atoms with Gasteiger partial charge in [0, 0.05) is 24.5 Å². The summed E-state index contributed by atoms with van der Waals surface area (Å²) in [5.74, 6) is -0.280. The lowest BCUT2D eigenvalue weighted by Gasteiger charge is -2.15. The normalized spacial score (nSPS) is 12.4. The van der Waals surface area contributed by atoms with Crippen LogP contribution in [0.2, 0.25) is 0 Å². The van der Waals surface area contributed by atoms with Crippen molar-refractivity contribution in [2.24, 2.45) is 7.05 Å². The zero-order chi connectivity index (χ0) is 12.3. The Hall–Kier alpha value is -1.88. The number of aromatic nitrogens is 2. The molecule has 0 aliphatic carbocycles. The van der Waals surface area contributed by atoms with Crippen LogP contribution < -0.4 is 5.32 Å². The lowest BCUT2D eigenvalue weighted by molar-refractivity contribution is 0.276. The molecule has 4 nitrogen and oxygen atoms in total. The molecule has 5 heteroatoms. The molecular weight excluding hydrogens is 221 g/mol. The van der Waals surface area contributed by atoms with E-state index in [0.717, 1.165) is 11.3 Å². The summed E-state index contributed by atoms with van der Waals surface area (Å²) in [6.07, 6.45) is 3.52. The van der Waals surface area contributed by atoms with Crippen LogP contribution in [0.15, 0.2) is 36.7 Å². The van der Waals surface area contributed by atoms with Crippen LogP contribution in [0.5, 0.6) is 0 Å². The summed E-state index contributed by atoms with van der Waals surface area (Å²) in [6.45, 7) is -0.0525. The SMILES string of the molecule is Cn1cc(C(CO)Nc2ccc(F)cc2)cn1. The molecule has 1 unspecified atom stereocenters. The fraction of sp³-hybridized carbons (Fsp3) is 0.250. The number of rotatable bonds is 4. The molecule has 1 atom stereocenters. The minimum Gasteiger partial charge on any atom is -0.394 e. The van der Waals surface area contributed by atoms with Gasteiger partial charge >= 0.3 is 0 Å². The van der Waals surface area contributed by atoms with E-state index in [9.17, 15) is 9.50 Å². The molecule has 0 fully saturated rings. The number of nitrogens with zero attached hydrogens (tertiary/aromatic N) is 2. The molecule has 0 bridgehead atoms. The Labute approximate surface area is 98.7 Å². The van der Waals surface area contributed by atoms with Crippen LogP contribution in [0.25, 0.3) is 0 Å². The van der Waals surface area contributed by atoms with Gasteiger partial charge in [0.25, 0.3) is 0 Å². The zero-order valence-electron chi connectivity index (χ0n) is 9.47. The maximum atomic E-state index is 12.7. The maximum Gasteiger partial charge on any atom is 0.123 e. The molecule has 0 aliphatic heterocycles. The molecule has 0 saturated heterocycles. The maximum absolute atomic E-state index is 12.7. The summed E-state index contributed by atoms with van der Waals surface area (Å²) in [5.41, 5.74) is 1.65. The van der Waals surface area contributed by atoms with Crippen LogP contribution in [0.3, 0.4) is 0 Å². The average molecular weight is 235 g/mol. The molecule has 0 spiro atoms. The summed E-state index contributed by atoms with van der Waals surface area (Å²) < 4.78 is 14.4. The van der Waals surface area contributed by atoms with Crippen LogP contribution in [-0.2, 0) is 7.05 Å². The minimum absolute atomic E-state index is 0.0525. The van der Waals surface area contributed by atoms with Crippen molar-refractivity contribution in [3.8, 4) is 0 Å². The number of aliphatic hydroxyl groups excluding tert-OH is 1. The molecule has 90 valence electrons. The second-order valence-electron chi connectivity index (χ2n) is 3.83. The van der Waals surface area contributed by atoms with Crippen molar-refractivity contribution in [3.05, 3.63) is 48.0 Å². The van der Waals surface area contributed by atoms with E-state index in [1.54, 1.807) is 23.0 Å². The van der Waals surface area contributed by atoms with Crippen molar-refractivity contribution in [1.82, 2.24) is 9.78 Å². The Bertz CT molecular complexity index is 481. The number of hydrogen-bond acceptors (Lipinski definition) is 3. The Balaban J connectivity index is 2.12. The highest BCUT2D eigenvalue weighted by molar-refractivity contribution is 5.45. The molecular formula is C12H14FN3O. The van der Waals surface area contributed by atoms with E-state index in [0.29, 0.717) is 0 Å². The number of halogens is 1. The van der Waals surface area contributed by atoms with Crippen molar-refractivity contribution >= 4 is 5.69 Å². The second kappa shape index (κ2) is 4.97. The van der Waals surface area contributed by atoms with E-state index in [2.05, 4.69) is 10.4 Å². The first-order valence-corrected chi connectivity index (χ1v) is 5.30. The molecule has 0 saturated carbocycles. The van der Waals surface area contributed by atoms with Gasteiger partial charge in [-0.25, -0.2) is 4.39 Å². The van der Waals surface area contributed by atoms with E-state index in [1.807, 2.05) is 13.2 Å². The van der Waals surface area contributed by atoms with Gasteiger partial charge in [0.1, 0.15) is 5.82 Å². The summed E-state index contributed by atoms with van der Waals surface area (Å²) in [5, 5.41) is 16.5. The van der Waals surface area contributed by atoms with Crippen molar-refractivity contribution in [2.45, 2.75) is 6.04 Å². The number of anilines is 1. The van der Waals surface area contributed by atoms with Crippen molar-refractivity contribution in [3.63, 3.8) is 0 Å². The van der Waals surface area contributed by atoms with Crippen LogP contribution in [-0.4, -0.2) is 21.5 Å². The molecule has 0 amide bonds. The number of aryl methyl sites for hydroxylation is 1. The van der Waals surface area contributed by atoms with Gasteiger partial charge in [0.05, 0.1) is 18.8 Å².